The van der Waals surface area contributed by atoms with Crippen LogP contribution in [0.5, 0.6) is 0 Å². The second kappa shape index (κ2) is 6.86. The highest BCUT2D eigenvalue weighted by atomic mass is 16.6. The van der Waals surface area contributed by atoms with Gasteiger partial charge in [-0.25, -0.2) is 0 Å². The van der Waals surface area contributed by atoms with E-state index in [1.165, 1.54) is 13.8 Å². The summed E-state index contributed by atoms with van der Waals surface area (Å²) in [6.07, 6.45) is -1.91. The fourth-order valence-corrected chi connectivity index (χ4v) is 6.40. The van der Waals surface area contributed by atoms with Gasteiger partial charge in [-0.1, -0.05) is 32.9 Å². The van der Waals surface area contributed by atoms with E-state index in [0.717, 1.165) is 12.0 Å². The lowest BCUT2D eigenvalue weighted by atomic mass is 9.50. The Labute approximate surface area is 181 Å². The monoisotopic (exact) mass is 430 g/mol. The first-order valence-electron chi connectivity index (χ1n) is 10.9. The van der Waals surface area contributed by atoms with Gasteiger partial charge in [0.05, 0.1) is 5.41 Å². The van der Waals surface area contributed by atoms with E-state index in [9.17, 15) is 24.3 Å². The molecule has 0 amide bonds. The normalized spacial score (nSPS) is 44.0. The minimum atomic E-state index is -1.24. The zero-order valence-electron chi connectivity index (χ0n) is 18.7. The number of ether oxygens (including phenoxy) is 2. The van der Waals surface area contributed by atoms with Crippen molar-refractivity contribution < 1.29 is 33.8 Å². The van der Waals surface area contributed by atoms with Gasteiger partial charge in [0.1, 0.15) is 6.10 Å². The lowest BCUT2D eigenvalue weighted by molar-refractivity contribution is -0.166. The molecule has 0 aromatic carbocycles. The number of rotatable bonds is 2. The van der Waals surface area contributed by atoms with E-state index < -0.39 is 52.8 Å². The van der Waals surface area contributed by atoms with Crippen molar-refractivity contribution in [2.45, 2.75) is 72.2 Å². The third-order valence-electron chi connectivity index (χ3n) is 8.15. The molecule has 7 heteroatoms. The maximum atomic E-state index is 13.9. The molecule has 1 N–H and O–H groups in total. The van der Waals surface area contributed by atoms with Crippen molar-refractivity contribution in [2.75, 3.05) is 0 Å². The summed E-state index contributed by atoms with van der Waals surface area (Å²) in [5, 5.41) is 11.4. The van der Waals surface area contributed by atoms with Gasteiger partial charge in [-0.3, -0.25) is 19.2 Å². The maximum Gasteiger partial charge on any atom is 0.303 e. The Balaban J connectivity index is 1.97. The number of hydrogen-bond acceptors (Lipinski definition) is 7. The van der Waals surface area contributed by atoms with Gasteiger partial charge in [-0.15, -0.1) is 0 Å². The number of Topliss-reactive ketones (excluding diaryl/α,β-unsaturated/α-hetero) is 2. The highest BCUT2D eigenvalue weighted by Crippen LogP contribution is 2.65. The molecule has 0 radical (unpaired) electrons. The highest BCUT2D eigenvalue weighted by Gasteiger charge is 2.73. The number of esters is 2. The zero-order chi connectivity index (χ0) is 23.0. The van der Waals surface area contributed by atoms with Gasteiger partial charge in [0.25, 0.3) is 0 Å². The summed E-state index contributed by atoms with van der Waals surface area (Å²) in [4.78, 5) is 51.5. The Morgan fingerprint density at radius 2 is 1.71 bits per heavy atom. The number of ketones is 2. The van der Waals surface area contributed by atoms with Crippen LogP contribution in [0.15, 0.2) is 23.3 Å². The summed E-state index contributed by atoms with van der Waals surface area (Å²) < 4.78 is 10.9. The van der Waals surface area contributed by atoms with Crippen LogP contribution in [0.1, 0.15) is 53.9 Å². The number of aliphatic hydroxyl groups is 1. The molecule has 4 aliphatic rings. The van der Waals surface area contributed by atoms with Crippen LogP contribution < -0.4 is 0 Å². The van der Waals surface area contributed by atoms with Crippen molar-refractivity contribution >= 4 is 23.5 Å². The molecule has 0 saturated heterocycles. The molecule has 0 aliphatic heterocycles. The first-order valence-corrected chi connectivity index (χ1v) is 10.9. The van der Waals surface area contributed by atoms with Crippen LogP contribution in [0.3, 0.4) is 0 Å². The van der Waals surface area contributed by atoms with Crippen LogP contribution in [0, 0.1) is 28.6 Å². The summed E-state index contributed by atoms with van der Waals surface area (Å²) in [6.45, 7) is 12.3. The molecule has 0 bridgehead atoms. The van der Waals surface area contributed by atoms with Gasteiger partial charge in [-0.05, 0) is 31.1 Å². The molecular formula is C24H30O7. The molecule has 1 spiro atoms. The Bertz CT molecular complexity index is 946. The Hall–Kier alpha value is -2.28. The molecule has 7 nitrogen and oxygen atoms in total. The number of fused-ring (bicyclic) bond motifs is 2. The Kier molecular flexibility index (Phi) is 4.85. The van der Waals surface area contributed by atoms with Crippen molar-refractivity contribution in [2.24, 2.45) is 28.6 Å². The quantitative estimate of drug-likeness (QED) is 0.529. The minimum absolute atomic E-state index is 0.0848. The lowest BCUT2D eigenvalue weighted by Gasteiger charge is -2.55. The van der Waals surface area contributed by atoms with Gasteiger partial charge in [0.15, 0.2) is 18.0 Å². The van der Waals surface area contributed by atoms with Gasteiger partial charge >= 0.3 is 11.9 Å². The molecule has 0 heterocycles. The van der Waals surface area contributed by atoms with Crippen molar-refractivity contribution in [3.05, 3.63) is 23.3 Å². The summed E-state index contributed by atoms with van der Waals surface area (Å²) in [5.41, 5.74) is -0.916. The molecule has 4 aliphatic carbocycles. The van der Waals surface area contributed by atoms with Gasteiger partial charge in [0, 0.05) is 36.3 Å². The predicted octanol–water partition coefficient (Wildman–Crippen LogP) is 2.31. The second-order valence-corrected chi connectivity index (χ2v) is 10.0. The average molecular weight is 430 g/mol. The number of aliphatic hydroxyl groups excluding tert-OH is 1. The number of carbonyl (C=O) groups excluding carboxylic acids is 4. The Morgan fingerprint density at radius 1 is 1.13 bits per heavy atom. The smallest absolute Gasteiger partial charge is 0.303 e. The second-order valence-electron chi connectivity index (χ2n) is 10.0. The minimum Gasteiger partial charge on any atom is -0.455 e. The van der Waals surface area contributed by atoms with Crippen molar-refractivity contribution in [1.82, 2.24) is 0 Å². The molecule has 0 aromatic rings. The fourth-order valence-electron chi connectivity index (χ4n) is 6.40. The third kappa shape index (κ3) is 2.81. The summed E-state index contributed by atoms with van der Waals surface area (Å²) >= 11 is 0. The Morgan fingerprint density at radius 3 is 2.23 bits per heavy atom. The van der Waals surface area contributed by atoms with E-state index in [4.69, 9.17) is 9.47 Å². The molecule has 2 saturated carbocycles. The molecule has 0 unspecified atom stereocenters. The molecular weight excluding hydrogens is 400 g/mol. The largest absolute Gasteiger partial charge is 0.455 e. The van der Waals surface area contributed by atoms with Crippen LogP contribution in [0.4, 0.5) is 0 Å². The van der Waals surface area contributed by atoms with Crippen molar-refractivity contribution in [3.63, 3.8) is 0 Å². The molecule has 4 rings (SSSR count). The standard InChI is InChI=1S/C24H30O7/c1-10-7-8-23(6)16(12(10)3)18(27)20(30-13(4)25)15-17(23)19(28)22(31-14(5)26)24(21(15)29)9-11(24)2/h10-11,16,18,20,22,27H,3,7-9H2,1-2,4-6H3/t10-,11+,16+,18+,20+,22+,23+,24-/m1/s1. The predicted molar refractivity (Wildman–Crippen MR) is 110 cm³/mol. The van der Waals surface area contributed by atoms with E-state index in [-0.39, 0.29) is 28.8 Å². The van der Waals surface area contributed by atoms with Gasteiger partial charge in [-0.2, -0.15) is 0 Å². The molecule has 2 fully saturated rings. The van der Waals surface area contributed by atoms with Crippen LogP contribution in [0.2, 0.25) is 0 Å². The van der Waals surface area contributed by atoms with Gasteiger partial charge in [0.2, 0.25) is 5.78 Å². The first-order chi connectivity index (χ1) is 14.4. The number of carbonyl (C=O) groups is 4. The van der Waals surface area contributed by atoms with Crippen molar-refractivity contribution in [3.8, 4) is 0 Å². The molecule has 31 heavy (non-hydrogen) atoms. The molecule has 8 atom stereocenters. The first kappa shape index (κ1) is 21.9. The number of hydrogen-bond donors (Lipinski definition) is 1. The zero-order valence-corrected chi connectivity index (χ0v) is 18.7. The molecule has 0 aromatic heterocycles. The summed E-state index contributed by atoms with van der Waals surface area (Å²) in [5.74, 6) is -2.63. The fraction of sp³-hybridized carbons (Fsp3) is 0.667. The van der Waals surface area contributed by atoms with Crippen molar-refractivity contribution in [1.29, 1.82) is 0 Å². The third-order valence-corrected chi connectivity index (χ3v) is 8.15. The van der Waals surface area contributed by atoms with Crippen LogP contribution >= 0.6 is 0 Å². The van der Waals surface area contributed by atoms with Crippen LogP contribution in [-0.2, 0) is 28.7 Å². The van der Waals surface area contributed by atoms with Gasteiger partial charge < -0.3 is 14.6 Å². The average Bonchev–Trinajstić information content (AvgIpc) is 3.34. The topological polar surface area (TPSA) is 107 Å². The van der Waals surface area contributed by atoms with E-state index in [0.29, 0.717) is 12.8 Å². The van der Waals surface area contributed by atoms with E-state index in [1.807, 2.05) is 20.8 Å². The molecule has 168 valence electrons. The van der Waals surface area contributed by atoms with E-state index in [2.05, 4.69) is 6.58 Å². The summed E-state index contributed by atoms with van der Waals surface area (Å²) in [6, 6.07) is 0. The lowest BCUT2D eigenvalue weighted by Crippen LogP contribution is -2.61. The highest BCUT2D eigenvalue weighted by molar-refractivity contribution is 6.20. The van der Waals surface area contributed by atoms with Crippen LogP contribution in [0.25, 0.3) is 0 Å². The van der Waals surface area contributed by atoms with Crippen LogP contribution in [-0.4, -0.2) is 46.9 Å². The maximum absolute atomic E-state index is 13.9. The van der Waals surface area contributed by atoms with E-state index in [1.54, 1.807) is 0 Å². The summed E-state index contributed by atoms with van der Waals surface area (Å²) in [7, 11) is 0. The SMILES string of the molecule is C=C1[C@H](C)CC[C@]2(C)C3=C(C(=O)[C@]4(C[C@@H]4C)[C@@H](OC(C)=O)C3=O)[C@H](OC(C)=O)[C@@H](O)[C@H]12. The van der Waals surface area contributed by atoms with E-state index >= 15 is 0 Å².